The number of carbonyl (C=O) groups is 2. The highest BCUT2D eigenvalue weighted by molar-refractivity contribution is 5.87. The van der Waals surface area contributed by atoms with E-state index >= 15 is 0 Å². The van der Waals surface area contributed by atoms with E-state index in [0.29, 0.717) is 13.0 Å². The van der Waals surface area contributed by atoms with Crippen LogP contribution < -0.4 is 10.6 Å². The number of urea groups is 1. The molecule has 0 aliphatic carbocycles. The fourth-order valence-electron chi connectivity index (χ4n) is 1.22. The summed E-state index contributed by atoms with van der Waals surface area (Å²) in [7, 11) is 1.59. The SMILES string of the molecule is CC(CCC(=O)O)CNC(=O)Nc1nnn(C)n1. The molecular weight excluding hydrogens is 240 g/mol. The van der Waals surface area contributed by atoms with E-state index in [1.807, 2.05) is 6.92 Å². The molecular formula is C9H16N6O3. The molecule has 18 heavy (non-hydrogen) atoms. The van der Waals surface area contributed by atoms with Crippen LogP contribution in [0.15, 0.2) is 0 Å². The van der Waals surface area contributed by atoms with Gasteiger partial charge in [-0.1, -0.05) is 12.0 Å². The Labute approximate surface area is 104 Å². The number of nitrogens with zero attached hydrogens (tertiary/aromatic N) is 4. The van der Waals surface area contributed by atoms with E-state index in [9.17, 15) is 9.59 Å². The van der Waals surface area contributed by atoms with E-state index in [1.54, 1.807) is 7.05 Å². The molecule has 1 rings (SSSR count). The monoisotopic (exact) mass is 256 g/mol. The summed E-state index contributed by atoms with van der Waals surface area (Å²) in [6.45, 7) is 2.25. The van der Waals surface area contributed by atoms with Gasteiger partial charge in [-0.05, 0) is 17.6 Å². The lowest BCUT2D eigenvalue weighted by molar-refractivity contribution is -0.137. The van der Waals surface area contributed by atoms with E-state index in [-0.39, 0.29) is 18.3 Å². The van der Waals surface area contributed by atoms with Gasteiger partial charge >= 0.3 is 12.0 Å². The highest BCUT2D eigenvalue weighted by Gasteiger charge is 2.09. The summed E-state index contributed by atoms with van der Waals surface area (Å²) in [5, 5.41) is 24.5. The van der Waals surface area contributed by atoms with Crippen LogP contribution in [0.25, 0.3) is 0 Å². The number of carboxylic acid groups (broad SMARTS) is 1. The second-order valence-electron chi connectivity index (χ2n) is 3.98. The first-order valence-corrected chi connectivity index (χ1v) is 5.48. The van der Waals surface area contributed by atoms with E-state index in [4.69, 9.17) is 5.11 Å². The topological polar surface area (TPSA) is 122 Å². The third-order valence-corrected chi connectivity index (χ3v) is 2.20. The Morgan fingerprint density at radius 2 is 2.22 bits per heavy atom. The second kappa shape index (κ2) is 6.52. The van der Waals surface area contributed by atoms with Crippen LogP contribution in [-0.4, -0.2) is 43.9 Å². The molecule has 2 amide bonds. The first-order valence-electron chi connectivity index (χ1n) is 5.48. The van der Waals surface area contributed by atoms with Crippen LogP contribution in [0.1, 0.15) is 19.8 Å². The molecule has 9 heteroatoms. The molecule has 0 bridgehead atoms. The van der Waals surface area contributed by atoms with Crippen molar-refractivity contribution in [1.82, 2.24) is 25.5 Å². The Hall–Kier alpha value is -2.19. The van der Waals surface area contributed by atoms with Gasteiger partial charge in [0.05, 0.1) is 7.05 Å². The van der Waals surface area contributed by atoms with E-state index < -0.39 is 12.0 Å². The largest absolute Gasteiger partial charge is 0.481 e. The number of anilines is 1. The van der Waals surface area contributed by atoms with Crippen molar-refractivity contribution in [3.63, 3.8) is 0 Å². The normalized spacial score (nSPS) is 11.9. The summed E-state index contributed by atoms with van der Waals surface area (Å²) >= 11 is 0. The first-order chi connectivity index (χ1) is 8.47. The Kier molecular flexibility index (Phi) is 5.03. The number of rotatable bonds is 6. The molecule has 0 saturated heterocycles. The number of aliphatic carboxylic acids is 1. The van der Waals surface area contributed by atoms with Gasteiger partial charge in [-0.3, -0.25) is 10.1 Å². The molecule has 100 valence electrons. The molecule has 0 aromatic carbocycles. The van der Waals surface area contributed by atoms with Crippen LogP contribution in [0.2, 0.25) is 0 Å². The fraction of sp³-hybridized carbons (Fsp3) is 0.667. The second-order valence-corrected chi connectivity index (χ2v) is 3.98. The first kappa shape index (κ1) is 13.9. The molecule has 1 atom stereocenters. The summed E-state index contributed by atoms with van der Waals surface area (Å²) in [4.78, 5) is 23.0. The van der Waals surface area contributed by atoms with Crippen LogP contribution in [0, 0.1) is 5.92 Å². The molecule has 0 saturated carbocycles. The molecule has 0 aliphatic rings. The third-order valence-electron chi connectivity index (χ3n) is 2.20. The summed E-state index contributed by atoms with van der Waals surface area (Å²) < 4.78 is 0. The van der Waals surface area contributed by atoms with Gasteiger partial charge in [-0.15, -0.1) is 5.10 Å². The lowest BCUT2D eigenvalue weighted by atomic mass is 10.1. The molecule has 3 N–H and O–H groups in total. The molecule has 0 radical (unpaired) electrons. The minimum absolute atomic E-state index is 0.0849. The van der Waals surface area contributed by atoms with Crippen molar-refractivity contribution in [2.45, 2.75) is 19.8 Å². The number of hydrogen-bond donors (Lipinski definition) is 3. The smallest absolute Gasteiger partial charge is 0.321 e. The average molecular weight is 256 g/mol. The summed E-state index contributed by atoms with van der Waals surface area (Å²) in [6, 6.07) is -0.440. The van der Waals surface area contributed by atoms with E-state index in [2.05, 4.69) is 26.0 Å². The maximum absolute atomic E-state index is 11.4. The van der Waals surface area contributed by atoms with Crippen LogP contribution in [0.4, 0.5) is 10.7 Å². The molecule has 0 spiro atoms. The molecule has 1 aromatic rings. The van der Waals surface area contributed by atoms with Gasteiger partial charge in [0.2, 0.25) is 0 Å². The van der Waals surface area contributed by atoms with Gasteiger partial charge < -0.3 is 10.4 Å². The van der Waals surface area contributed by atoms with E-state index in [1.165, 1.54) is 4.80 Å². The zero-order valence-electron chi connectivity index (χ0n) is 10.3. The van der Waals surface area contributed by atoms with Crippen molar-refractivity contribution >= 4 is 17.9 Å². The van der Waals surface area contributed by atoms with Crippen molar-refractivity contribution in [2.24, 2.45) is 13.0 Å². The van der Waals surface area contributed by atoms with Gasteiger partial charge in [0.25, 0.3) is 5.95 Å². The summed E-state index contributed by atoms with van der Waals surface area (Å²) in [5.74, 6) is -0.634. The maximum atomic E-state index is 11.4. The maximum Gasteiger partial charge on any atom is 0.321 e. The Morgan fingerprint density at radius 3 is 2.78 bits per heavy atom. The third kappa shape index (κ3) is 5.23. The van der Waals surface area contributed by atoms with Crippen molar-refractivity contribution in [1.29, 1.82) is 0 Å². The number of aromatic nitrogens is 4. The fourth-order valence-corrected chi connectivity index (χ4v) is 1.22. The number of hydrogen-bond acceptors (Lipinski definition) is 5. The average Bonchev–Trinajstić information content (AvgIpc) is 2.69. The molecule has 1 unspecified atom stereocenters. The summed E-state index contributed by atoms with van der Waals surface area (Å²) in [6.07, 6.45) is 0.606. The van der Waals surface area contributed by atoms with Crippen LogP contribution in [0.5, 0.6) is 0 Å². The Morgan fingerprint density at radius 1 is 1.50 bits per heavy atom. The van der Waals surface area contributed by atoms with E-state index in [0.717, 1.165) is 0 Å². The Balaban J connectivity index is 2.22. The van der Waals surface area contributed by atoms with Crippen molar-refractivity contribution in [3.8, 4) is 0 Å². The Bertz CT molecular complexity index is 418. The number of tetrazole rings is 1. The molecule has 1 aromatic heterocycles. The number of carboxylic acids is 1. The molecule has 1 heterocycles. The van der Waals surface area contributed by atoms with Crippen LogP contribution in [-0.2, 0) is 11.8 Å². The van der Waals surface area contributed by atoms with Crippen LogP contribution in [0.3, 0.4) is 0 Å². The lowest BCUT2D eigenvalue weighted by Crippen LogP contribution is -2.32. The molecule has 0 aliphatic heterocycles. The number of carbonyl (C=O) groups excluding carboxylic acids is 1. The lowest BCUT2D eigenvalue weighted by Gasteiger charge is -2.10. The van der Waals surface area contributed by atoms with Gasteiger partial charge in [-0.2, -0.15) is 4.80 Å². The summed E-state index contributed by atoms with van der Waals surface area (Å²) in [5.41, 5.74) is 0. The zero-order chi connectivity index (χ0) is 13.5. The number of aryl methyl sites for hydroxylation is 1. The number of amides is 2. The van der Waals surface area contributed by atoms with Gasteiger partial charge in [0.15, 0.2) is 0 Å². The highest BCUT2D eigenvalue weighted by atomic mass is 16.4. The van der Waals surface area contributed by atoms with Gasteiger partial charge in [0.1, 0.15) is 0 Å². The quantitative estimate of drug-likeness (QED) is 0.649. The van der Waals surface area contributed by atoms with Crippen molar-refractivity contribution < 1.29 is 14.7 Å². The van der Waals surface area contributed by atoms with Crippen LogP contribution >= 0.6 is 0 Å². The standard InChI is InChI=1S/C9H16N6O3/c1-6(3-4-7(16)17)5-10-9(18)11-8-12-14-15(2)13-8/h6H,3-5H2,1-2H3,(H,16,17)(H2,10,11,13,18). The zero-order valence-corrected chi connectivity index (χ0v) is 10.3. The van der Waals surface area contributed by atoms with Gasteiger partial charge in [-0.25, -0.2) is 4.79 Å². The predicted octanol–water partition coefficient (Wildman–Crippen LogP) is -0.167. The highest BCUT2D eigenvalue weighted by Crippen LogP contribution is 2.03. The minimum atomic E-state index is -0.838. The van der Waals surface area contributed by atoms with Crippen molar-refractivity contribution in [2.75, 3.05) is 11.9 Å². The minimum Gasteiger partial charge on any atom is -0.481 e. The van der Waals surface area contributed by atoms with Crippen molar-refractivity contribution in [3.05, 3.63) is 0 Å². The molecule has 0 fully saturated rings. The number of nitrogens with one attached hydrogen (secondary N) is 2. The predicted molar refractivity (Wildman–Crippen MR) is 61.9 cm³/mol. The van der Waals surface area contributed by atoms with Gasteiger partial charge in [0, 0.05) is 13.0 Å². The molecule has 9 nitrogen and oxygen atoms in total.